The molecule has 4 rings (SSSR count). The Labute approximate surface area is 180 Å². The highest BCUT2D eigenvalue weighted by molar-refractivity contribution is 5.84. The number of H-pyrrole nitrogens is 2. The van der Waals surface area contributed by atoms with Gasteiger partial charge in [-0.25, -0.2) is 4.98 Å². The fourth-order valence-electron chi connectivity index (χ4n) is 3.20. The molecule has 0 fully saturated rings. The second kappa shape index (κ2) is 8.97. The Morgan fingerprint density at radius 2 is 2.06 bits per heavy atom. The molecule has 0 saturated carbocycles. The molecule has 4 aromatic rings. The molecule has 0 aliphatic carbocycles. The summed E-state index contributed by atoms with van der Waals surface area (Å²) >= 11 is 0. The molecule has 0 radical (unpaired) electrons. The highest BCUT2D eigenvalue weighted by Crippen LogP contribution is 2.35. The largest absolute Gasteiger partial charge is 0.484 e. The summed E-state index contributed by atoms with van der Waals surface area (Å²) in [5.41, 5.74) is 5.25. The minimum absolute atomic E-state index is 0.382. The van der Waals surface area contributed by atoms with Crippen LogP contribution in [0.25, 0.3) is 28.1 Å². The summed E-state index contributed by atoms with van der Waals surface area (Å²) in [5, 5.41) is 16.7. The average molecular weight is 407 g/mol. The molecular weight excluding hydrogens is 386 g/mol. The van der Waals surface area contributed by atoms with Crippen molar-refractivity contribution in [2.75, 3.05) is 0 Å². The summed E-state index contributed by atoms with van der Waals surface area (Å²) in [6, 6.07) is 17.4. The van der Waals surface area contributed by atoms with E-state index < -0.39 is 0 Å². The predicted octanol–water partition coefficient (Wildman–Crippen LogP) is 5.55. The van der Waals surface area contributed by atoms with Crippen molar-refractivity contribution >= 4 is 16.6 Å². The molecule has 0 saturated heterocycles. The van der Waals surface area contributed by atoms with Crippen LogP contribution in [0.3, 0.4) is 0 Å². The monoisotopic (exact) mass is 407 g/mol. The van der Waals surface area contributed by atoms with Crippen molar-refractivity contribution in [2.24, 2.45) is 0 Å². The standard InChI is InChI=1S/C25H21N5O/c1-3-5-11-19(4-2)22-24(31-16-17-9-7-6-8-10-17)23(30-29-22)25-27-20-13-12-18(15-26)14-21(20)28-25/h3-14H,2,16H2,1H3,(H,27,28)(H,29,30)/b5-3-,19-11+. The number of nitriles is 1. The minimum atomic E-state index is 0.382. The first-order valence-corrected chi connectivity index (χ1v) is 9.84. The van der Waals surface area contributed by atoms with Gasteiger partial charge in [0.1, 0.15) is 18.0 Å². The maximum absolute atomic E-state index is 9.16. The van der Waals surface area contributed by atoms with E-state index in [2.05, 4.69) is 32.8 Å². The van der Waals surface area contributed by atoms with Crippen molar-refractivity contribution in [3.8, 4) is 23.3 Å². The molecule has 0 aliphatic rings. The van der Waals surface area contributed by atoms with E-state index in [0.717, 1.165) is 22.2 Å². The number of benzene rings is 2. The molecule has 31 heavy (non-hydrogen) atoms. The van der Waals surface area contributed by atoms with Gasteiger partial charge in [-0.15, -0.1) is 0 Å². The molecule has 0 atom stereocenters. The number of nitrogens with one attached hydrogen (secondary N) is 2. The van der Waals surface area contributed by atoms with Crippen LogP contribution in [0.4, 0.5) is 0 Å². The molecule has 0 bridgehead atoms. The molecule has 2 aromatic heterocycles. The summed E-state index contributed by atoms with van der Waals surface area (Å²) in [4.78, 5) is 7.93. The summed E-state index contributed by atoms with van der Waals surface area (Å²) in [6.07, 6.45) is 7.54. The highest BCUT2D eigenvalue weighted by atomic mass is 16.5. The molecule has 0 amide bonds. The van der Waals surface area contributed by atoms with E-state index in [1.165, 1.54) is 0 Å². The lowest BCUT2D eigenvalue weighted by Crippen LogP contribution is -1.98. The number of hydrogen-bond donors (Lipinski definition) is 2. The van der Waals surface area contributed by atoms with Crippen molar-refractivity contribution in [2.45, 2.75) is 13.5 Å². The molecule has 0 spiro atoms. The Morgan fingerprint density at radius 3 is 2.81 bits per heavy atom. The van der Waals surface area contributed by atoms with Crippen LogP contribution in [0.15, 0.2) is 79.4 Å². The van der Waals surface area contributed by atoms with Crippen molar-refractivity contribution < 1.29 is 4.74 Å². The lowest BCUT2D eigenvalue weighted by atomic mass is 10.1. The maximum atomic E-state index is 9.16. The van der Waals surface area contributed by atoms with E-state index in [0.29, 0.717) is 35.1 Å². The number of nitrogens with zero attached hydrogens (tertiary/aromatic N) is 3. The van der Waals surface area contributed by atoms with Crippen molar-refractivity contribution in [3.05, 3.63) is 96.2 Å². The fraction of sp³-hybridized carbons (Fsp3) is 0.0800. The Morgan fingerprint density at radius 1 is 1.23 bits per heavy atom. The van der Waals surface area contributed by atoms with E-state index in [1.54, 1.807) is 18.2 Å². The van der Waals surface area contributed by atoms with Crippen LogP contribution in [-0.4, -0.2) is 20.2 Å². The number of fused-ring (bicyclic) bond motifs is 1. The molecule has 6 heteroatoms. The summed E-state index contributed by atoms with van der Waals surface area (Å²) < 4.78 is 6.23. The minimum Gasteiger partial charge on any atom is -0.484 e. The summed E-state index contributed by atoms with van der Waals surface area (Å²) in [6.45, 7) is 6.25. The number of aromatic nitrogens is 4. The number of imidazole rings is 1. The van der Waals surface area contributed by atoms with Gasteiger partial charge in [0.2, 0.25) is 0 Å². The average Bonchev–Trinajstić information content (AvgIpc) is 3.42. The highest BCUT2D eigenvalue weighted by Gasteiger charge is 2.21. The Kier molecular flexibility index (Phi) is 5.77. The zero-order chi connectivity index (χ0) is 21.6. The normalized spacial score (nSPS) is 11.7. The van der Waals surface area contributed by atoms with Crippen LogP contribution < -0.4 is 4.74 Å². The molecular formula is C25H21N5O. The van der Waals surface area contributed by atoms with Crippen LogP contribution in [0.5, 0.6) is 5.75 Å². The summed E-state index contributed by atoms with van der Waals surface area (Å²) in [7, 11) is 0. The quantitative estimate of drug-likeness (QED) is 0.393. The van der Waals surface area contributed by atoms with Gasteiger partial charge in [0.15, 0.2) is 11.6 Å². The van der Waals surface area contributed by atoms with Gasteiger partial charge in [0, 0.05) is 5.57 Å². The van der Waals surface area contributed by atoms with Gasteiger partial charge in [-0.3, -0.25) is 5.10 Å². The molecule has 0 aliphatic heterocycles. The molecule has 2 heterocycles. The third-order valence-electron chi connectivity index (χ3n) is 4.76. The van der Waals surface area contributed by atoms with E-state index in [1.807, 2.05) is 61.5 Å². The molecule has 2 aromatic carbocycles. The number of ether oxygens (including phenoxy) is 1. The Bertz CT molecular complexity index is 1320. The number of allylic oxidation sites excluding steroid dienone is 5. The van der Waals surface area contributed by atoms with E-state index in [9.17, 15) is 0 Å². The van der Waals surface area contributed by atoms with Gasteiger partial charge < -0.3 is 9.72 Å². The lowest BCUT2D eigenvalue weighted by molar-refractivity contribution is 0.306. The smallest absolute Gasteiger partial charge is 0.176 e. The Hall–Kier alpha value is -4.37. The topological polar surface area (TPSA) is 90.4 Å². The Balaban J connectivity index is 1.80. The van der Waals surface area contributed by atoms with Crippen LogP contribution in [-0.2, 0) is 6.61 Å². The third kappa shape index (κ3) is 4.16. The number of aromatic amines is 2. The van der Waals surface area contributed by atoms with Gasteiger partial charge in [0.05, 0.1) is 22.7 Å². The first-order chi connectivity index (χ1) is 15.2. The van der Waals surface area contributed by atoms with Gasteiger partial charge in [-0.1, -0.05) is 61.2 Å². The van der Waals surface area contributed by atoms with Gasteiger partial charge in [-0.05, 0) is 30.7 Å². The van der Waals surface area contributed by atoms with Gasteiger partial charge in [0.25, 0.3) is 0 Å². The second-order valence-corrected chi connectivity index (χ2v) is 6.83. The van der Waals surface area contributed by atoms with Crippen LogP contribution >= 0.6 is 0 Å². The molecule has 152 valence electrons. The summed E-state index contributed by atoms with van der Waals surface area (Å²) in [5.74, 6) is 1.17. The number of hydrogen-bond acceptors (Lipinski definition) is 4. The molecule has 0 unspecified atom stereocenters. The number of rotatable bonds is 7. The first-order valence-electron chi connectivity index (χ1n) is 9.84. The van der Waals surface area contributed by atoms with Gasteiger partial charge >= 0.3 is 0 Å². The van der Waals surface area contributed by atoms with Crippen molar-refractivity contribution in [1.29, 1.82) is 5.26 Å². The second-order valence-electron chi connectivity index (χ2n) is 6.83. The third-order valence-corrected chi connectivity index (χ3v) is 4.76. The molecule has 2 N–H and O–H groups in total. The fourth-order valence-corrected chi connectivity index (χ4v) is 3.20. The molecule has 6 nitrogen and oxygen atoms in total. The van der Waals surface area contributed by atoms with Crippen molar-refractivity contribution in [1.82, 2.24) is 20.2 Å². The SMILES string of the molecule is C=C/C(=C\C=C/C)c1n[nH]c(-c2nc3ccc(C#N)cc3[nH]2)c1OCc1ccccc1. The predicted molar refractivity (Wildman–Crippen MR) is 122 cm³/mol. The van der Waals surface area contributed by atoms with E-state index in [4.69, 9.17) is 10.00 Å². The van der Waals surface area contributed by atoms with Gasteiger partial charge in [-0.2, -0.15) is 10.4 Å². The zero-order valence-electron chi connectivity index (χ0n) is 17.1. The lowest BCUT2D eigenvalue weighted by Gasteiger charge is -2.09. The van der Waals surface area contributed by atoms with E-state index >= 15 is 0 Å². The van der Waals surface area contributed by atoms with Crippen LogP contribution in [0.1, 0.15) is 23.7 Å². The van der Waals surface area contributed by atoms with Crippen LogP contribution in [0, 0.1) is 11.3 Å². The van der Waals surface area contributed by atoms with Crippen LogP contribution in [0.2, 0.25) is 0 Å². The van der Waals surface area contributed by atoms with E-state index in [-0.39, 0.29) is 0 Å². The zero-order valence-corrected chi connectivity index (χ0v) is 17.1. The maximum Gasteiger partial charge on any atom is 0.176 e. The first kappa shape index (κ1) is 19.9. The van der Waals surface area contributed by atoms with Crippen molar-refractivity contribution in [3.63, 3.8) is 0 Å².